The van der Waals surface area contributed by atoms with Crippen molar-refractivity contribution in [1.82, 2.24) is 9.62 Å². The Morgan fingerprint density at radius 2 is 1.95 bits per heavy atom. The van der Waals surface area contributed by atoms with Crippen LogP contribution in [-0.2, 0) is 14.8 Å². The van der Waals surface area contributed by atoms with Crippen molar-refractivity contribution in [3.63, 3.8) is 0 Å². The van der Waals surface area contributed by atoms with Gasteiger partial charge in [-0.1, -0.05) is 13.8 Å². The van der Waals surface area contributed by atoms with Crippen molar-refractivity contribution in [2.45, 2.75) is 39.7 Å². The number of hydrogen-bond donors (Lipinski definition) is 2. The van der Waals surface area contributed by atoms with Crippen LogP contribution in [0.25, 0.3) is 0 Å². The molecule has 0 aromatic carbocycles. The molecule has 0 spiro atoms. The smallest absolute Gasteiger partial charge is 0.235 e. The molecule has 0 radical (unpaired) electrons. The van der Waals surface area contributed by atoms with Gasteiger partial charge in [-0.2, -0.15) is 4.31 Å². The van der Waals surface area contributed by atoms with E-state index in [0.717, 1.165) is 10.7 Å². The van der Waals surface area contributed by atoms with Crippen LogP contribution in [0.3, 0.4) is 0 Å². The van der Waals surface area contributed by atoms with E-state index in [0.29, 0.717) is 12.5 Å². The number of nitrogens with two attached hydrogens (primary N) is 1. The van der Waals surface area contributed by atoms with E-state index in [1.807, 2.05) is 20.8 Å². The lowest BCUT2D eigenvalue weighted by molar-refractivity contribution is -0.123. The Morgan fingerprint density at radius 1 is 1.42 bits per heavy atom. The fraction of sp³-hybridized carbons (Fsp3) is 0.917. The predicted molar refractivity (Wildman–Crippen MR) is 77.1 cm³/mol. The van der Waals surface area contributed by atoms with E-state index in [1.54, 1.807) is 6.92 Å². The van der Waals surface area contributed by atoms with Crippen molar-refractivity contribution in [3.05, 3.63) is 0 Å². The van der Waals surface area contributed by atoms with Gasteiger partial charge in [0.2, 0.25) is 15.9 Å². The lowest BCUT2D eigenvalue weighted by Crippen LogP contribution is -2.54. The first-order valence-corrected chi connectivity index (χ1v) is 8.12. The van der Waals surface area contributed by atoms with Crippen molar-refractivity contribution in [3.8, 4) is 0 Å². The highest BCUT2D eigenvalue weighted by atomic mass is 32.2. The molecule has 0 fully saturated rings. The minimum Gasteiger partial charge on any atom is -0.349 e. The van der Waals surface area contributed by atoms with Crippen LogP contribution in [0.2, 0.25) is 0 Å². The topological polar surface area (TPSA) is 92.5 Å². The van der Waals surface area contributed by atoms with Crippen LogP contribution >= 0.6 is 0 Å². The average Bonchev–Trinajstić information content (AvgIpc) is 2.27. The maximum absolute atomic E-state index is 11.9. The molecule has 7 heteroatoms. The van der Waals surface area contributed by atoms with Crippen molar-refractivity contribution in [2.24, 2.45) is 11.7 Å². The molecule has 0 aliphatic rings. The van der Waals surface area contributed by atoms with E-state index >= 15 is 0 Å². The van der Waals surface area contributed by atoms with E-state index in [2.05, 4.69) is 5.32 Å². The Morgan fingerprint density at radius 3 is 2.32 bits per heavy atom. The SMILES string of the molecule is CCS(=O)(=O)N(C)CC(=O)NC(C)(CN)CC(C)C. The number of carbonyl (C=O) groups is 1. The fourth-order valence-corrected chi connectivity index (χ4v) is 2.74. The summed E-state index contributed by atoms with van der Waals surface area (Å²) in [4.78, 5) is 11.9. The van der Waals surface area contributed by atoms with E-state index < -0.39 is 15.6 Å². The van der Waals surface area contributed by atoms with Gasteiger partial charge in [-0.05, 0) is 26.2 Å². The second-order valence-electron chi connectivity index (χ2n) is 5.57. The van der Waals surface area contributed by atoms with Crippen LogP contribution in [-0.4, -0.2) is 50.1 Å². The Bertz CT molecular complexity index is 395. The van der Waals surface area contributed by atoms with Crippen molar-refractivity contribution >= 4 is 15.9 Å². The van der Waals surface area contributed by atoms with Crippen LogP contribution < -0.4 is 11.1 Å². The summed E-state index contributed by atoms with van der Waals surface area (Å²) in [5.41, 5.74) is 5.20. The monoisotopic (exact) mass is 293 g/mol. The third-order valence-corrected chi connectivity index (χ3v) is 4.76. The molecule has 0 aromatic heterocycles. The van der Waals surface area contributed by atoms with Gasteiger partial charge >= 0.3 is 0 Å². The highest BCUT2D eigenvalue weighted by Crippen LogP contribution is 2.15. The third kappa shape index (κ3) is 6.35. The molecule has 0 saturated heterocycles. The summed E-state index contributed by atoms with van der Waals surface area (Å²) in [6.45, 7) is 7.66. The van der Waals surface area contributed by atoms with Crippen LogP contribution in [0.4, 0.5) is 0 Å². The van der Waals surface area contributed by atoms with Gasteiger partial charge in [0.25, 0.3) is 0 Å². The number of rotatable bonds is 8. The van der Waals surface area contributed by atoms with Gasteiger partial charge < -0.3 is 11.1 Å². The third-order valence-electron chi connectivity index (χ3n) is 2.96. The molecule has 0 heterocycles. The molecule has 0 aliphatic heterocycles. The molecular weight excluding hydrogens is 266 g/mol. The minimum atomic E-state index is -3.34. The maximum Gasteiger partial charge on any atom is 0.235 e. The molecule has 114 valence electrons. The molecule has 0 saturated carbocycles. The first-order chi connectivity index (χ1) is 8.56. The normalized spacial score (nSPS) is 15.6. The van der Waals surface area contributed by atoms with Gasteiger partial charge in [0.1, 0.15) is 0 Å². The quantitative estimate of drug-likeness (QED) is 0.666. The summed E-state index contributed by atoms with van der Waals surface area (Å²) >= 11 is 0. The van der Waals surface area contributed by atoms with Gasteiger partial charge in [-0.15, -0.1) is 0 Å². The van der Waals surface area contributed by atoms with E-state index in [9.17, 15) is 13.2 Å². The number of nitrogens with one attached hydrogen (secondary N) is 1. The molecule has 19 heavy (non-hydrogen) atoms. The van der Waals surface area contributed by atoms with E-state index in [4.69, 9.17) is 5.73 Å². The molecule has 1 unspecified atom stereocenters. The zero-order chi connectivity index (χ0) is 15.3. The molecule has 1 amide bonds. The Hall–Kier alpha value is -0.660. The average molecular weight is 293 g/mol. The van der Waals surface area contributed by atoms with Gasteiger partial charge in [-0.25, -0.2) is 8.42 Å². The summed E-state index contributed by atoms with van der Waals surface area (Å²) in [6, 6.07) is 0. The van der Waals surface area contributed by atoms with E-state index in [-0.39, 0.29) is 18.2 Å². The lowest BCUT2D eigenvalue weighted by Gasteiger charge is -2.31. The summed E-state index contributed by atoms with van der Waals surface area (Å²) in [7, 11) is -1.93. The number of carbonyl (C=O) groups excluding carboxylic acids is 1. The zero-order valence-electron chi connectivity index (χ0n) is 12.6. The number of nitrogens with zero attached hydrogens (tertiary/aromatic N) is 1. The number of likely N-dealkylation sites (N-methyl/N-ethyl adjacent to an activating group) is 1. The highest BCUT2D eigenvalue weighted by Gasteiger charge is 2.27. The number of hydrogen-bond acceptors (Lipinski definition) is 4. The summed E-state index contributed by atoms with van der Waals surface area (Å²) in [6.07, 6.45) is 0.749. The number of amides is 1. The molecule has 0 rings (SSSR count). The largest absolute Gasteiger partial charge is 0.349 e. The van der Waals surface area contributed by atoms with Crippen molar-refractivity contribution < 1.29 is 13.2 Å². The predicted octanol–water partition coefficient (Wildman–Crippen LogP) is 0.148. The Kier molecular flexibility index (Phi) is 6.96. The second kappa shape index (κ2) is 7.21. The molecule has 6 nitrogen and oxygen atoms in total. The van der Waals surface area contributed by atoms with Gasteiger partial charge in [0, 0.05) is 19.1 Å². The molecule has 0 aliphatic carbocycles. The molecule has 0 bridgehead atoms. The molecule has 1 atom stereocenters. The summed E-state index contributed by atoms with van der Waals surface area (Å²) in [5.74, 6) is 0.0517. The molecule has 0 aromatic rings. The van der Waals surface area contributed by atoms with Crippen molar-refractivity contribution in [1.29, 1.82) is 0 Å². The highest BCUT2D eigenvalue weighted by molar-refractivity contribution is 7.89. The molecular formula is C12H27N3O3S. The van der Waals surface area contributed by atoms with Crippen LogP contribution in [0.5, 0.6) is 0 Å². The van der Waals surface area contributed by atoms with Crippen LogP contribution in [0, 0.1) is 5.92 Å². The minimum absolute atomic E-state index is 0.0169. The zero-order valence-corrected chi connectivity index (χ0v) is 13.4. The fourth-order valence-electron chi connectivity index (χ4n) is 1.98. The van der Waals surface area contributed by atoms with Gasteiger partial charge in [0.15, 0.2) is 0 Å². The number of sulfonamides is 1. The second-order valence-corrected chi connectivity index (χ2v) is 7.93. The Balaban J connectivity index is 4.61. The van der Waals surface area contributed by atoms with Crippen LogP contribution in [0.15, 0.2) is 0 Å². The van der Waals surface area contributed by atoms with Crippen LogP contribution in [0.1, 0.15) is 34.1 Å². The molecule has 3 N–H and O–H groups in total. The van der Waals surface area contributed by atoms with Gasteiger partial charge in [-0.3, -0.25) is 4.79 Å². The first kappa shape index (κ1) is 18.3. The first-order valence-electron chi connectivity index (χ1n) is 6.51. The summed E-state index contributed by atoms with van der Waals surface area (Å²) in [5, 5.41) is 2.83. The lowest BCUT2D eigenvalue weighted by atomic mass is 9.91. The van der Waals surface area contributed by atoms with E-state index in [1.165, 1.54) is 7.05 Å². The Labute approximate surface area is 116 Å². The van der Waals surface area contributed by atoms with Gasteiger partial charge in [0.05, 0.1) is 12.3 Å². The standard InChI is InChI=1S/C12H27N3O3S/c1-6-19(17,18)15(5)8-11(16)14-12(4,9-13)7-10(2)3/h10H,6-9,13H2,1-5H3,(H,14,16). The van der Waals surface area contributed by atoms with Crippen molar-refractivity contribution in [2.75, 3.05) is 25.9 Å². The maximum atomic E-state index is 11.9. The summed E-state index contributed by atoms with van der Waals surface area (Å²) < 4.78 is 24.2.